The Morgan fingerprint density at radius 2 is 1.81 bits per heavy atom. The van der Waals surface area contributed by atoms with E-state index in [0.29, 0.717) is 12.1 Å². The predicted octanol–water partition coefficient (Wildman–Crippen LogP) is 3.25. The fourth-order valence-electron chi connectivity index (χ4n) is 2.67. The molecule has 1 fully saturated rings. The van der Waals surface area contributed by atoms with E-state index in [1.165, 1.54) is 0 Å². The molecule has 1 aliphatic heterocycles. The second-order valence-corrected chi connectivity index (χ2v) is 5.81. The van der Waals surface area contributed by atoms with E-state index in [0.717, 1.165) is 38.0 Å². The van der Waals surface area contributed by atoms with Gasteiger partial charge in [0, 0.05) is 18.6 Å². The summed E-state index contributed by atoms with van der Waals surface area (Å²) in [5.74, 6) is 0.207. The Kier molecular flexibility index (Phi) is 5.94. The first kappa shape index (κ1) is 16.2. The minimum Gasteiger partial charge on any atom is -0.435 e. The van der Waals surface area contributed by atoms with Crippen molar-refractivity contribution in [1.29, 1.82) is 0 Å². The van der Waals surface area contributed by atoms with Gasteiger partial charge in [-0.3, -0.25) is 0 Å². The summed E-state index contributed by atoms with van der Waals surface area (Å²) in [7, 11) is 0. The molecule has 1 saturated heterocycles. The van der Waals surface area contributed by atoms with Crippen molar-refractivity contribution >= 4 is 0 Å². The minimum atomic E-state index is -2.76. The third kappa shape index (κ3) is 5.25. The van der Waals surface area contributed by atoms with E-state index in [-0.39, 0.29) is 5.75 Å². The number of ether oxygens (including phenoxy) is 1. The van der Waals surface area contributed by atoms with E-state index >= 15 is 0 Å². The van der Waals surface area contributed by atoms with Crippen LogP contribution in [0.3, 0.4) is 0 Å². The highest BCUT2D eigenvalue weighted by Gasteiger charge is 2.20. The molecule has 1 N–H and O–H groups in total. The molecule has 0 atom stereocenters. The zero-order valence-corrected chi connectivity index (χ0v) is 12.7. The van der Waals surface area contributed by atoms with E-state index in [9.17, 15) is 8.78 Å². The standard InChI is InChI=1S/C16H24F2N2O/c1-12(2)20-9-7-14(8-10-20)19-11-13-3-5-15(6-4-13)21-16(17)18/h3-6,12,14,16,19H,7-11H2,1-2H3. The van der Waals surface area contributed by atoms with Crippen LogP contribution in [0.15, 0.2) is 24.3 Å². The lowest BCUT2D eigenvalue weighted by Gasteiger charge is -2.35. The van der Waals surface area contributed by atoms with Crippen LogP contribution in [0.4, 0.5) is 8.78 Å². The smallest absolute Gasteiger partial charge is 0.387 e. The molecule has 0 bridgehead atoms. The Labute approximate surface area is 125 Å². The number of hydrogen-bond acceptors (Lipinski definition) is 3. The van der Waals surface area contributed by atoms with E-state index in [1.807, 2.05) is 12.1 Å². The van der Waals surface area contributed by atoms with Gasteiger partial charge >= 0.3 is 6.61 Å². The summed E-state index contributed by atoms with van der Waals surface area (Å²) in [4.78, 5) is 2.49. The first-order valence-corrected chi connectivity index (χ1v) is 7.56. The molecule has 0 radical (unpaired) electrons. The summed E-state index contributed by atoms with van der Waals surface area (Å²) in [6.45, 7) is 4.74. The number of nitrogens with zero attached hydrogens (tertiary/aromatic N) is 1. The summed E-state index contributed by atoms with van der Waals surface area (Å²) in [6, 6.07) is 7.99. The van der Waals surface area contributed by atoms with Crippen molar-refractivity contribution < 1.29 is 13.5 Å². The van der Waals surface area contributed by atoms with Gasteiger partial charge in [0.1, 0.15) is 5.75 Å². The zero-order valence-electron chi connectivity index (χ0n) is 12.7. The molecular weight excluding hydrogens is 274 g/mol. The molecule has 1 aliphatic rings. The fourth-order valence-corrected chi connectivity index (χ4v) is 2.67. The topological polar surface area (TPSA) is 24.5 Å². The average Bonchev–Trinajstić information content (AvgIpc) is 2.46. The number of halogens is 2. The maximum Gasteiger partial charge on any atom is 0.387 e. The van der Waals surface area contributed by atoms with Crippen molar-refractivity contribution in [1.82, 2.24) is 10.2 Å². The second-order valence-electron chi connectivity index (χ2n) is 5.81. The highest BCUT2D eigenvalue weighted by Crippen LogP contribution is 2.16. The number of alkyl halides is 2. The molecule has 1 heterocycles. The van der Waals surface area contributed by atoms with E-state index in [2.05, 4.69) is 28.8 Å². The van der Waals surface area contributed by atoms with Gasteiger partial charge in [0.15, 0.2) is 0 Å². The van der Waals surface area contributed by atoms with Crippen molar-refractivity contribution in [3.05, 3.63) is 29.8 Å². The highest BCUT2D eigenvalue weighted by molar-refractivity contribution is 5.27. The minimum absolute atomic E-state index is 0.207. The van der Waals surface area contributed by atoms with Gasteiger partial charge in [-0.2, -0.15) is 8.78 Å². The van der Waals surface area contributed by atoms with Gasteiger partial charge < -0.3 is 15.0 Å². The molecule has 0 aromatic heterocycles. The normalized spacial score (nSPS) is 17.6. The first-order valence-electron chi connectivity index (χ1n) is 7.56. The summed E-state index contributed by atoms with van der Waals surface area (Å²) < 4.78 is 28.5. The molecule has 0 saturated carbocycles. The Hall–Kier alpha value is -1.20. The maximum absolute atomic E-state index is 12.1. The van der Waals surface area contributed by atoms with Crippen LogP contribution in [0, 0.1) is 0 Å². The monoisotopic (exact) mass is 298 g/mol. The number of benzene rings is 1. The van der Waals surface area contributed by atoms with Crippen molar-refractivity contribution in [3.8, 4) is 5.75 Å². The average molecular weight is 298 g/mol. The first-order chi connectivity index (χ1) is 10.0. The third-order valence-corrected chi connectivity index (χ3v) is 4.00. The molecule has 0 spiro atoms. The Morgan fingerprint density at radius 1 is 1.19 bits per heavy atom. The Bertz CT molecular complexity index is 415. The quantitative estimate of drug-likeness (QED) is 0.872. The fraction of sp³-hybridized carbons (Fsp3) is 0.625. The molecule has 21 heavy (non-hydrogen) atoms. The molecule has 0 amide bonds. The van der Waals surface area contributed by atoms with Crippen molar-refractivity contribution in [2.75, 3.05) is 13.1 Å². The van der Waals surface area contributed by atoms with E-state index < -0.39 is 6.61 Å². The zero-order chi connectivity index (χ0) is 15.2. The molecule has 5 heteroatoms. The van der Waals surface area contributed by atoms with Crippen LogP contribution < -0.4 is 10.1 Å². The lowest BCUT2D eigenvalue weighted by atomic mass is 10.0. The van der Waals surface area contributed by atoms with Crippen LogP contribution in [0.5, 0.6) is 5.75 Å². The van der Waals surface area contributed by atoms with Crippen LogP contribution in [-0.2, 0) is 6.54 Å². The van der Waals surface area contributed by atoms with Gasteiger partial charge in [-0.15, -0.1) is 0 Å². The van der Waals surface area contributed by atoms with Crippen molar-refractivity contribution in [2.45, 2.75) is 51.9 Å². The number of likely N-dealkylation sites (tertiary alicyclic amines) is 1. The molecule has 118 valence electrons. The third-order valence-electron chi connectivity index (χ3n) is 4.00. The predicted molar refractivity (Wildman–Crippen MR) is 79.6 cm³/mol. The molecule has 0 unspecified atom stereocenters. The highest BCUT2D eigenvalue weighted by atomic mass is 19.3. The molecular formula is C16H24F2N2O. The van der Waals surface area contributed by atoms with Gasteiger partial charge in [-0.05, 0) is 57.5 Å². The molecule has 1 aromatic carbocycles. The summed E-state index contributed by atoms with van der Waals surface area (Å²) >= 11 is 0. The number of piperidine rings is 1. The van der Waals surface area contributed by atoms with Crippen LogP contribution >= 0.6 is 0 Å². The summed E-state index contributed by atoms with van der Waals surface area (Å²) in [5.41, 5.74) is 1.09. The van der Waals surface area contributed by atoms with Gasteiger partial charge in [-0.1, -0.05) is 12.1 Å². The Balaban J connectivity index is 1.74. The van der Waals surface area contributed by atoms with Crippen molar-refractivity contribution in [2.24, 2.45) is 0 Å². The van der Waals surface area contributed by atoms with Crippen LogP contribution in [0.2, 0.25) is 0 Å². The van der Waals surface area contributed by atoms with Gasteiger partial charge in [0.25, 0.3) is 0 Å². The van der Waals surface area contributed by atoms with Crippen molar-refractivity contribution in [3.63, 3.8) is 0 Å². The molecule has 1 aromatic rings. The SMILES string of the molecule is CC(C)N1CCC(NCc2ccc(OC(F)F)cc2)CC1. The van der Waals surface area contributed by atoms with Crippen LogP contribution in [0.25, 0.3) is 0 Å². The maximum atomic E-state index is 12.1. The lowest BCUT2D eigenvalue weighted by Crippen LogP contribution is -2.44. The van der Waals surface area contributed by atoms with Gasteiger partial charge in [0.2, 0.25) is 0 Å². The molecule has 0 aliphatic carbocycles. The van der Waals surface area contributed by atoms with Gasteiger partial charge in [-0.25, -0.2) is 0 Å². The molecule has 2 rings (SSSR count). The van der Waals surface area contributed by atoms with E-state index in [4.69, 9.17) is 0 Å². The summed E-state index contributed by atoms with van der Waals surface area (Å²) in [6.07, 6.45) is 2.31. The summed E-state index contributed by atoms with van der Waals surface area (Å²) in [5, 5.41) is 3.54. The molecule has 3 nitrogen and oxygen atoms in total. The lowest BCUT2D eigenvalue weighted by molar-refractivity contribution is -0.0498. The Morgan fingerprint density at radius 3 is 2.33 bits per heavy atom. The number of rotatable bonds is 6. The van der Waals surface area contributed by atoms with Crippen LogP contribution in [0.1, 0.15) is 32.3 Å². The largest absolute Gasteiger partial charge is 0.435 e. The van der Waals surface area contributed by atoms with Gasteiger partial charge in [0.05, 0.1) is 0 Å². The van der Waals surface area contributed by atoms with E-state index in [1.54, 1.807) is 12.1 Å². The van der Waals surface area contributed by atoms with Crippen LogP contribution in [-0.4, -0.2) is 36.7 Å². The number of nitrogens with one attached hydrogen (secondary N) is 1. The second kappa shape index (κ2) is 7.71. The number of hydrogen-bond donors (Lipinski definition) is 1.